The number of nitrogens with zero attached hydrogens (tertiary/aromatic N) is 3. The number of carbonyl (C=O) groups excluding carboxylic acids is 4. The average Bonchev–Trinajstić information content (AvgIpc) is 2.88. The Morgan fingerprint density at radius 3 is 2.22 bits per heavy atom. The summed E-state index contributed by atoms with van der Waals surface area (Å²) in [5.41, 5.74) is 2.14. The first-order valence-electron chi connectivity index (χ1n) is 7.63. The molecule has 0 aromatic carbocycles. The van der Waals surface area contributed by atoms with Crippen LogP contribution in [0.2, 0.25) is 0 Å². The predicted molar refractivity (Wildman–Crippen MR) is 82.9 cm³/mol. The van der Waals surface area contributed by atoms with E-state index in [1.54, 1.807) is 13.0 Å². The molecule has 7 heteroatoms. The average molecular weight is 319 g/mol. The van der Waals surface area contributed by atoms with Gasteiger partial charge in [-0.1, -0.05) is 13.3 Å². The second kappa shape index (κ2) is 6.36. The lowest BCUT2D eigenvalue weighted by molar-refractivity contribution is -0.143. The zero-order valence-electron chi connectivity index (χ0n) is 13.9. The van der Waals surface area contributed by atoms with Crippen molar-refractivity contribution in [3.63, 3.8) is 0 Å². The molecule has 1 fully saturated rings. The van der Waals surface area contributed by atoms with Crippen molar-refractivity contribution in [2.75, 3.05) is 13.1 Å². The van der Waals surface area contributed by atoms with E-state index in [4.69, 9.17) is 0 Å². The molecule has 1 aliphatic heterocycles. The van der Waals surface area contributed by atoms with Gasteiger partial charge in [-0.3, -0.25) is 19.3 Å². The number of imide groups is 2. The Bertz CT molecular complexity index is 690. The molecule has 7 nitrogen and oxygen atoms in total. The molecule has 0 radical (unpaired) electrons. The Hall–Kier alpha value is -2.44. The molecule has 1 saturated heterocycles. The third kappa shape index (κ3) is 2.91. The van der Waals surface area contributed by atoms with Crippen molar-refractivity contribution in [2.45, 2.75) is 33.6 Å². The van der Waals surface area contributed by atoms with E-state index in [1.807, 2.05) is 25.5 Å². The number of unbranched alkanes of at least 4 members (excludes halogenated alkanes) is 1. The minimum atomic E-state index is -0.926. The molecule has 2 heterocycles. The number of amides is 4. The van der Waals surface area contributed by atoms with Gasteiger partial charge in [-0.05, 0) is 26.3 Å². The summed E-state index contributed by atoms with van der Waals surface area (Å²) >= 11 is 0. The van der Waals surface area contributed by atoms with E-state index >= 15 is 0 Å². The van der Waals surface area contributed by atoms with E-state index in [2.05, 4.69) is 0 Å². The fourth-order valence-electron chi connectivity index (χ4n) is 2.57. The van der Waals surface area contributed by atoms with Gasteiger partial charge in [-0.15, -0.1) is 0 Å². The third-order valence-electron chi connectivity index (χ3n) is 4.25. The summed E-state index contributed by atoms with van der Waals surface area (Å²) in [5, 5.41) is 0. The van der Waals surface area contributed by atoms with Gasteiger partial charge in [0.25, 0.3) is 0 Å². The van der Waals surface area contributed by atoms with E-state index in [9.17, 15) is 19.2 Å². The summed E-state index contributed by atoms with van der Waals surface area (Å²) < 4.78 is 1.86. The highest BCUT2D eigenvalue weighted by molar-refractivity contribution is 6.45. The van der Waals surface area contributed by atoms with Crippen LogP contribution in [0.4, 0.5) is 4.79 Å². The SMILES string of the molecule is CCCCN1C(=O)C(=O)N(CC(=O)c2cc(C)n(C)c2C)C1=O. The molecular formula is C16H21N3O4. The zero-order valence-corrected chi connectivity index (χ0v) is 13.9. The van der Waals surface area contributed by atoms with Gasteiger partial charge in [-0.25, -0.2) is 9.69 Å². The fourth-order valence-corrected chi connectivity index (χ4v) is 2.57. The molecule has 2 rings (SSSR count). The highest BCUT2D eigenvalue weighted by Gasteiger charge is 2.44. The van der Waals surface area contributed by atoms with Crippen LogP contribution in [-0.4, -0.2) is 51.1 Å². The molecule has 1 aliphatic rings. The first-order valence-corrected chi connectivity index (χ1v) is 7.63. The van der Waals surface area contributed by atoms with Crippen LogP contribution in [0.25, 0.3) is 0 Å². The first kappa shape index (κ1) is 16.9. The summed E-state index contributed by atoms with van der Waals surface area (Å²) in [6.07, 6.45) is 1.43. The number of ketones is 1. The second-order valence-electron chi connectivity index (χ2n) is 5.75. The van der Waals surface area contributed by atoms with Crippen molar-refractivity contribution in [3.8, 4) is 0 Å². The number of carbonyl (C=O) groups is 4. The number of hydrogen-bond acceptors (Lipinski definition) is 4. The molecule has 0 aliphatic carbocycles. The minimum absolute atomic E-state index is 0.202. The van der Waals surface area contributed by atoms with Crippen LogP contribution in [0.15, 0.2) is 6.07 Å². The molecule has 0 unspecified atom stereocenters. The number of rotatable bonds is 6. The Kier molecular flexibility index (Phi) is 4.68. The summed E-state index contributed by atoms with van der Waals surface area (Å²) in [4.78, 5) is 50.1. The molecule has 0 N–H and O–H groups in total. The van der Waals surface area contributed by atoms with Gasteiger partial charge >= 0.3 is 17.8 Å². The molecule has 23 heavy (non-hydrogen) atoms. The molecule has 1 aromatic heterocycles. The van der Waals surface area contributed by atoms with Gasteiger partial charge in [0.15, 0.2) is 5.78 Å². The van der Waals surface area contributed by atoms with Crippen molar-refractivity contribution in [3.05, 3.63) is 23.0 Å². The number of aryl methyl sites for hydroxylation is 1. The summed E-state index contributed by atoms with van der Waals surface area (Å²) in [6, 6.07) is 1.02. The topological polar surface area (TPSA) is 79.7 Å². The molecule has 0 spiro atoms. The van der Waals surface area contributed by atoms with Crippen LogP contribution >= 0.6 is 0 Å². The van der Waals surface area contributed by atoms with Gasteiger partial charge in [0.05, 0.1) is 6.54 Å². The first-order chi connectivity index (χ1) is 10.8. The second-order valence-corrected chi connectivity index (χ2v) is 5.75. The van der Waals surface area contributed by atoms with E-state index in [1.165, 1.54) is 0 Å². The van der Waals surface area contributed by atoms with Crippen LogP contribution in [-0.2, 0) is 16.6 Å². The molecule has 0 bridgehead atoms. The largest absolute Gasteiger partial charge is 0.351 e. The van der Waals surface area contributed by atoms with E-state index < -0.39 is 24.4 Å². The maximum absolute atomic E-state index is 12.4. The Labute approximate surface area is 134 Å². The number of hydrogen-bond donors (Lipinski definition) is 0. The third-order valence-corrected chi connectivity index (χ3v) is 4.25. The van der Waals surface area contributed by atoms with Crippen LogP contribution in [0.5, 0.6) is 0 Å². The lowest BCUT2D eigenvalue weighted by Gasteiger charge is -2.14. The predicted octanol–water partition coefficient (Wildman–Crippen LogP) is 1.42. The highest BCUT2D eigenvalue weighted by Crippen LogP contribution is 2.17. The Balaban J connectivity index is 2.17. The van der Waals surface area contributed by atoms with Crippen molar-refractivity contribution in [2.24, 2.45) is 7.05 Å². The summed E-state index contributed by atoms with van der Waals surface area (Å²) in [5.74, 6) is -2.12. The maximum Gasteiger partial charge on any atom is 0.334 e. The van der Waals surface area contributed by atoms with Crippen molar-refractivity contribution >= 4 is 23.6 Å². The normalized spacial score (nSPS) is 15.0. The Morgan fingerprint density at radius 1 is 1.09 bits per heavy atom. The minimum Gasteiger partial charge on any atom is -0.351 e. The van der Waals surface area contributed by atoms with Gasteiger partial charge < -0.3 is 4.57 Å². The molecule has 4 amide bonds. The number of aromatic nitrogens is 1. The summed E-state index contributed by atoms with van der Waals surface area (Å²) in [6.45, 7) is 5.39. The number of Topliss-reactive ketones (excluding diaryl/α,β-unsaturated/α-hetero) is 1. The lowest BCUT2D eigenvalue weighted by Crippen LogP contribution is -2.37. The Morgan fingerprint density at radius 2 is 1.70 bits per heavy atom. The number of urea groups is 1. The quantitative estimate of drug-likeness (QED) is 0.451. The van der Waals surface area contributed by atoms with Gasteiger partial charge in [0.2, 0.25) is 0 Å². The zero-order chi connectivity index (χ0) is 17.3. The molecule has 1 aromatic rings. The molecule has 0 atom stereocenters. The molecule has 0 saturated carbocycles. The van der Waals surface area contributed by atoms with Crippen molar-refractivity contribution in [1.82, 2.24) is 14.4 Å². The van der Waals surface area contributed by atoms with E-state index in [0.29, 0.717) is 12.0 Å². The lowest BCUT2D eigenvalue weighted by atomic mass is 10.1. The summed E-state index contributed by atoms with van der Waals surface area (Å²) in [7, 11) is 1.84. The van der Waals surface area contributed by atoms with Gasteiger partial charge in [0, 0.05) is 30.5 Å². The van der Waals surface area contributed by atoms with Crippen LogP contribution in [0, 0.1) is 13.8 Å². The van der Waals surface area contributed by atoms with Crippen LogP contribution < -0.4 is 0 Å². The fraction of sp³-hybridized carbons (Fsp3) is 0.500. The standard InChI is InChI=1S/C16H21N3O4/c1-5-6-7-18-14(21)15(22)19(16(18)23)9-13(20)12-8-10(2)17(4)11(12)3/h8H,5-7,9H2,1-4H3. The van der Waals surface area contributed by atoms with E-state index in [0.717, 1.165) is 27.6 Å². The van der Waals surface area contributed by atoms with Crippen LogP contribution in [0.3, 0.4) is 0 Å². The van der Waals surface area contributed by atoms with Crippen molar-refractivity contribution in [1.29, 1.82) is 0 Å². The smallest absolute Gasteiger partial charge is 0.334 e. The van der Waals surface area contributed by atoms with Crippen molar-refractivity contribution < 1.29 is 19.2 Å². The van der Waals surface area contributed by atoms with Gasteiger partial charge in [-0.2, -0.15) is 0 Å². The maximum atomic E-state index is 12.4. The molecule has 124 valence electrons. The van der Waals surface area contributed by atoms with Crippen LogP contribution in [0.1, 0.15) is 41.5 Å². The van der Waals surface area contributed by atoms with E-state index in [-0.39, 0.29) is 12.3 Å². The highest BCUT2D eigenvalue weighted by atomic mass is 16.2. The monoisotopic (exact) mass is 319 g/mol. The molecular weight excluding hydrogens is 298 g/mol. The van der Waals surface area contributed by atoms with Gasteiger partial charge in [0.1, 0.15) is 0 Å².